The molecule has 1 aromatic heterocycles. The Balaban J connectivity index is 1.89. The van der Waals surface area contributed by atoms with Gasteiger partial charge in [0.05, 0.1) is 0 Å². The summed E-state index contributed by atoms with van der Waals surface area (Å²) in [5, 5.41) is 0. The number of nitrogens with two attached hydrogens (primary N) is 1. The topological polar surface area (TPSA) is 26.0 Å². The van der Waals surface area contributed by atoms with Gasteiger partial charge < -0.3 is 5.73 Å². The van der Waals surface area contributed by atoms with Crippen molar-refractivity contribution in [2.45, 2.75) is 71.8 Å². The molecule has 0 spiro atoms. The molecule has 0 saturated heterocycles. The summed E-state index contributed by atoms with van der Waals surface area (Å²) in [6, 6.07) is 2.59. The van der Waals surface area contributed by atoms with Crippen LogP contribution >= 0.6 is 11.3 Å². The molecule has 0 bridgehead atoms. The van der Waals surface area contributed by atoms with Crippen molar-refractivity contribution in [1.29, 1.82) is 0 Å². The fourth-order valence-corrected chi connectivity index (χ4v) is 4.55. The van der Waals surface area contributed by atoms with Crippen molar-refractivity contribution < 1.29 is 0 Å². The van der Waals surface area contributed by atoms with Crippen molar-refractivity contribution >= 4 is 11.3 Å². The molecule has 2 heteroatoms. The number of thiophene rings is 1. The minimum absolute atomic E-state index is 0.275. The molecule has 1 atom stereocenters. The quantitative estimate of drug-likeness (QED) is 0.771. The van der Waals surface area contributed by atoms with Crippen molar-refractivity contribution in [3.63, 3.8) is 0 Å². The summed E-state index contributed by atoms with van der Waals surface area (Å²) in [6.07, 6.45) is 9.67. The largest absolute Gasteiger partial charge is 0.324 e. The zero-order valence-corrected chi connectivity index (χ0v) is 13.6. The number of hydrogen-bond donors (Lipinski definition) is 1. The molecule has 2 N–H and O–H groups in total. The van der Waals surface area contributed by atoms with Gasteiger partial charge >= 0.3 is 0 Å². The van der Waals surface area contributed by atoms with Crippen molar-refractivity contribution in [1.82, 2.24) is 0 Å². The van der Waals surface area contributed by atoms with Crippen LogP contribution < -0.4 is 5.73 Å². The van der Waals surface area contributed by atoms with Crippen LogP contribution in [-0.2, 0) is 0 Å². The summed E-state index contributed by atoms with van der Waals surface area (Å²) in [6.45, 7) is 6.71. The zero-order chi connectivity index (χ0) is 13.8. The molecule has 1 aliphatic rings. The third kappa shape index (κ3) is 3.82. The predicted molar refractivity (Wildman–Crippen MR) is 85.7 cm³/mol. The molecule has 0 aromatic carbocycles. The van der Waals surface area contributed by atoms with E-state index in [1.54, 1.807) is 0 Å². The van der Waals surface area contributed by atoms with E-state index in [1.165, 1.54) is 60.3 Å². The maximum absolute atomic E-state index is 6.54. The predicted octanol–water partition coefficient (Wildman–Crippen LogP) is 5.36. The second-order valence-electron chi connectivity index (χ2n) is 6.32. The number of unbranched alkanes of at least 4 members (excludes halogenated alkanes) is 1. The standard InChI is InChI=1S/C17H29NS/c1-4-5-6-14-7-9-15(10-8-14)17(18)16-11-12(2)19-13(16)3/h11,14-15,17H,4-10,18H2,1-3H3. The van der Waals surface area contributed by atoms with Crippen LogP contribution in [0.5, 0.6) is 0 Å². The smallest absolute Gasteiger partial charge is 0.0334 e. The van der Waals surface area contributed by atoms with Gasteiger partial charge in [-0.2, -0.15) is 0 Å². The van der Waals surface area contributed by atoms with Crippen LogP contribution in [0, 0.1) is 25.7 Å². The zero-order valence-electron chi connectivity index (χ0n) is 12.7. The Morgan fingerprint density at radius 2 is 1.95 bits per heavy atom. The molecule has 0 aliphatic heterocycles. The Bertz CT molecular complexity index is 388. The van der Waals surface area contributed by atoms with E-state index >= 15 is 0 Å². The Morgan fingerprint density at radius 1 is 1.26 bits per heavy atom. The summed E-state index contributed by atoms with van der Waals surface area (Å²) >= 11 is 1.89. The molecule has 1 saturated carbocycles. The molecule has 1 unspecified atom stereocenters. The molecule has 1 fully saturated rings. The summed E-state index contributed by atoms with van der Waals surface area (Å²) in [5.41, 5.74) is 7.95. The lowest BCUT2D eigenvalue weighted by atomic mass is 9.75. The molecule has 0 amide bonds. The Kier molecular flexibility index (Phi) is 5.47. The first-order chi connectivity index (χ1) is 9.11. The Labute approximate surface area is 122 Å². The summed E-state index contributed by atoms with van der Waals surface area (Å²) in [5.74, 6) is 1.69. The third-order valence-corrected chi connectivity index (χ3v) is 5.79. The molecule has 1 nitrogen and oxygen atoms in total. The molecule has 1 aliphatic carbocycles. The number of aryl methyl sites for hydroxylation is 2. The van der Waals surface area contributed by atoms with Gasteiger partial charge in [-0.1, -0.05) is 39.0 Å². The molecule has 108 valence electrons. The highest BCUT2D eigenvalue weighted by Crippen LogP contribution is 2.39. The fraction of sp³-hybridized carbons (Fsp3) is 0.765. The number of hydrogen-bond acceptors (Lipinski definition) is 2. The minimum Gasteiger partial charge on any atom is -0.324 e. The van der Waals surface area contributed by atoms with Gasteiger partial charge in [-0.25, -0.2) is 0 Å². The average Bonchev–Trinajstić information content (AvgIpc) is 2.75. The molecular weight excluding hydrogens is 250 g/mol. The van der Waals surface area contributed by atoms with Crippen LogP contribution in [0.3, 0.4) is 0 Å². The Hall–Kier alpha value is -0.340. The van der Waals surface area contributed by atoms with Gasteiger partial charge in [0.1, 0.15) is 0 Å². The van der Waals surface area contributed by atoms with E-state index in [9.17, 15) is 0 Å². The van der Waals surface area contributed by atoms with Gasteiger partial charge in [-0.3, -0.25) is 0 Å². The Morgan fingerprint density at radius 3 is 2.47 bits per heavy atom. The molecule has 2 rings (SSSR count). The van der Waals surface area contributed by atoms with Crippen molar-refractivity contribution in [2.24, 2.45) is 17.6 Å². The maximum atomic E-state index is 6.54. The van der Waals surface area contributed by atoms with Crippen molar-refractivity contribution in [3.8, 4) is 0 Å². The SMILES string of the molecule is CCCCC1CCC(C(N)c2cc(C)sc2C)CC1. The minimum atomic E-state index is 0.275. The second-order valence-corrected chi connectivity index (χ2v) is 7.78. The van der Waals surface area contributed by atoms with Gasteiger partial charge in [0, 0.05) is 15.8 Å². The highest BCUT2D eigenvalue weighted by atomic mass is 32.1. The van der Waals surface area contributed by atoms with Gasteiger partial charge in [0.15, 0.2) is 0 Å². The van der Waals surface area contributed by atoms with E-state index in [0.29, 0.717) is 5.92 Å². The first-order valence-electron chi connectivity index (χ1n) is 7.94. The normalized spacial score (nSPS) is 25.5. The van der Waals surface area contributed by atoms with Crippen LogP contribution in [0.15, 0.2) is 6.07 Å². The monoisotopic (exact) mass is 279 g/mol. The molecular formula is C17H29NS. The van der Waals surface area contributed by atoms with E-state index in [-0.39, 0.29) is 6.04 Å². The van der Waals surface area contributed by atoms with Crippen LogP contribution in [-0.4, -0.2) is 0 Å². The van der Waals surface area contributed by atoms with Crippen LogP contribution in [0.1, 0.15) is 73.2 Å². The summed E-state index contributed by atoms with van der Waals surface area (Å²) < 4.78 is 0. The second kappa shape index (κ2) is 6.90. The van der Waals surface area contributed by atoms with Crippen LogP contribution in [0.4, 0.5) is 0 Å². The van der Waals surface area contributed by atoms with Crippen LogP contribution in [0.25, 0.3) is 0 Å². The van der Waals surface area contributed by atoms with Gasteiger partial charge in [-0.15, -0.1) is 11.3 Å². The van der Waals surface area contributed by atoms with Gasteiger partial charge in [-0.05, 0) is 50.2 Å². The summed E-state index contributed by atoms with van der Waals surface area (Å²) in [7, 11) is 0. The van der Waals surface area contributed by atoms with Crippen molar-refractivity contribution in [2.75, 3.05) is 0 Å². The van der Waals surface area contributed by atoms with E-state index in [2.05, 4.69) is 26.8 Å². The highest BCUT2D eigenvalue weighted by Gasteiger charge is 2.27. The molecule has 0 radical (unpaired) electrons. The first kappa shape index (κ1) is 15.1. The highest BCUT2D eigenvalue weighted by molar-refractivity contribution is 7.12. The van der Waals surface area contributed by atoms with Crippen molar-refractivity contribution in [3.05, 3.63) is 21.4 Å². The lowest BCUT2D eigenvalue weighted by molar-refractivity contribution is 0.232. The lowest BCUT2D eigenvalue weighted by Gasteiger charge is -2.32. The average molecular weight is 279 g/mol. The van der Waals surface area contributed by atoms with Gasteiger partial charge in [0.2, 0.25) is 0 Å². The third-order valence-electron chi connectivity index (χ3n) is 4.80. The van der Waals surface area contributed by atoms with E-state index in [0.717, 1.165) is 5.92 Å². The number of rotatable bonds is 5. The first-order valence-corrected chi connectivity index (χ1v) is 8.76. The van der Waals surface area contributed by atoms with E-state index in [4.69, 9.17) is 5.73 Å². The van der Waals surface area contributed by atoms with E-state index < -0.39 is 0 Å². The fourth-order valence-electron chi connectivity index (χ4n) is 3.56. The molecule has 1 heterocycles. The van der Waals surface area contributed by atoms with E-state index in [1.807, 2.05) is 11.3 Å². The summed E-state index contributed by atoms with van der Waals surface area (Å²) in [4.78, 5) is 2.83. The lowest BCUT2D eigenvalue weighted by Crippen LogP contribution is -2.26. The van der Waals surface area contributed by atoms with Gasteiger partial charge in [0.25, 0.3) is 0 Å². The molecule has 1 aromatic rings. The molecule has 19 heavy (non-hydrogen) atoms. The van der Waals surface area contributed by atoms with Crippen LogP contribution in [0.2, 0.25) is 0 Å². The maximum Gasteiger partial charge on any atom is 0.0334 e.